The number of esters is 1. The van der Waals surface area contributed by atoms with Gasteiger partial charge in [0, 0.05) is 29.4 Å². The first kappa shape index (κ1) is 31.6. The van der Waals surface area contributed by atoms with Crippen LogP contribution in [0.1, 0.15) is 143 Å². The monoisotopic (exact) mass is 521 g/mol. The Morgan fingerprint density at radius 3 is 1.84 bits per heavy atom. The molecule has 0 atom stereocenters. The first-order chi connectivity index (χ1) is 18.5. The Morgan fingerprint density at radius 1 is 0.763 bits per heavy atom. The molecule has 2 rings (SSSR count). The first-order valence-electron chi connectivity index (χ1n) is 15.1. The summed E-state index contributed by atoms with van der Waals surface area (Å²) in [5, 5.41) is 0. The quantitative estimate of drug-likeness (QED) is 0.0769. The van der Waals surface area contributed by atoms with Crippen molar-refractivity contribution in [2.24, 2.45) is 0 Å². The molecule has 1 aromatic heterocycles. The fourth-order valence-corrected chi connectivity index (χ4v) is 4.94. The molecule has 210 valence electrons. The van der Waals surface area contributed by atoms with Crippen LogP contribution in [0.25, 0.3) is 6.08 Å². The van der Waals surface area contributed by atoms with Crippen LogP contribution in [-0.4, -0.2) is 16.7 Å². The van der Waals surface area contributed by atoms with Crippen LogP contribution in [0, 0.1) is 13.8 Å². The number of hydrogen-bond donors (Lipinski definition) is 1. The average molecular weight is 522 g/mol. The van der Waals surface area contributed by atoms with E-state index in [1.807, 2.05) is 44.2 Å². The van der Waals surface area contributed by atoms with Crippen molar-refractivity contribution in [1.82, 2.24) is 4.98 Å². The number of H-pyrrole nitrogens is 1. The molecule has 1 N–H and O–H groups in total. The average Bonchev–Trinajstić information content (AvgIpc) is 3.21. The summed E-state index contributed by atoms with van der Waals surface area (Å²) >= 11 is 0. The molecule has 0 aliphatic rings. The van der Waals surface area contributed by atoms with Gasteiger partial charge < -0.3 is 9.72 Å². The summed E-state index contributed by atoms with van der Waals surface area (Å²) in [6, 6.07) is 9.60. The van der Waals surface area contributed by atoms with Gasteiger partial charge in [-0.1, -0.05) is 127 Å². The maximum atomic E-state index is 13.0. The number of benzene rings is 1. The lowest BCUT2D eigenvalue weighted by molar-refractivity contribution is -0.138. The third kappa shape index (κ3) is 12.8. The fraction of sp³-hybridized carbons (Fsp3) is 0.588. The molecular weight excluding hydrogens is 470 g/mol. The Morgan fingerprint density at radius 2 is 1.29 bits per heavy atom. The van der Waals surface area contributed by atoms with E-state index in [2.05, 4.69) is 11.9 Å². The van der Waals surface area contributed by atoms with E-state index < -0.39 is 5.97 Å². The number of ketones is 1. The van der Waals surface area contributed by atoms with Crippen LogP contribution in [0.2, 0.25) is 0 Å². The van der Waals surface area contributed by atoms with E-state index in [0.717, 1.165) is 29.7 Å². The number of ether oxygens (including phenoxy) is 1. The highest BCUT2D eigenvalue weighted by atomic mass is 16.5. The number of Topliss-reactive ketones (excluding diaryl/α,β-unsaturated/α-hetero) is 1. The van der Waals surface area contributed by atoms with Gasteiger partial charge in [-0.2, -0.15) is 0 Å². The molecule has 0 aliphatic carbocycles. The molecule has 0 radical (unpaired) electrons. The van der Waals surface area contributed by atoms with Crippen molar-refractivity contribution in [2.75, 3.05) is 0 Å². The molecule has 0 bridgehead atoms. The van der Waals surface area contributed by atoms with Crippen LogP contribution in [0.4, 0.5) is 0 Å². The molecule has 4 nitrogen and oxygen atoms in total. The van der Waals surface area contributed by atoms with Crippen molar-refractivity contribution in [2.45, 2.75) is 130 Å². The zero-order valence-electron chi connectivity index (χ0n) is 24.3. The van der Waals surface area contributed by atoms with Crippen LogP contribution in [-0.2, 0) is 16.1 Å². The summed E-state index contributed by atoms with van der Waals surface area (Å²) in [6.07, 6.45) is 23.3. The lowest BCUT2D eigenvalue weighted by Crippen LogP contribution is -2.03. The van der Waals surface area contributed by atoms with Gasteiger partial charge in [-0.25, -0.2) is 4.79 Å². The molecule has 4 heteroatoms. The number of aryl methyl sites for hydroxylation is 1. The molecule has 1 heterocycles. The van der Waals surface area contributed by atoms with Crippen LogP contribution >= 0.6 is 0 Å². The largest absolute Gasteiger partial charge is 0.458 e. The van der Waals surface area contributed by atoms with E-state index in [9.17, 15) is 9.59 Å². The zero-order chi connectivity index (χ0) is 27.4. The normalized spacial score (nSPS) is 11.3. The van der Waals surface area contributed by atoms with E-state index in [0.29, 0.717) is 17.7 Å². The number of nitrogens with one attached hydrogen (secondary N) is 1. The number of carbonyl (C=O) groups is 2. The van der Waals surface area contributed by atoms with Crippen molar-refractivity contribution in [3.05, 3.63) is 64.5 Å². The van der Waals surface area contributed by atoms with Crippen molar-refractivity contribution >= 4 is 17.8 Å². The molecule has 2 aromatic rings. The predicted octanol–water partition coefficient (Wildman–Crippen LogP) is 9.83. The Labute approximate surface area is 231 Å². The number of unbranched alkanes of at least 4 members (excludes halogenated alkanes) is 14. The third-order valence-electron chi connectivity index (χ3n) is 7.43. The molecule has 0 spiro atoms. The summed E-state index contributed by atoms with van der Waals surface area (Å²) in [6.45, 7) is 6.44. The highest BCUT2D eigenvalue weighted by Crippen LogP contribution is 2.22. The molecule has 0 unspecified atom stereocenters. The van der Waals surface area contributed by atoms with Gasteiger partial charge in [0.15, 0.2) is 5.78 Å². The van der Waals surface area contributed by atoms with Gasteiger partial charge in [0.1, 0.15) is 6.61 Å². The van der Waals surface area contributed by atoms with Crippen LogP contribution in [0.5, 0.6) is 0 Å². The number of rotatable bonds is 21. The van der Waals surface area contributed by atoms with Gasteiger partial charge in [-0.15, -0.1) is 0 Å². The van der Waals surface area contributed by atoms with E-state index in [4.69, 9.17) is 4.74 Å². The SMILES string of the molecule is CCCCCCCCCCCCCCCCCC(=O)c1c(C=CC(=O)OCc2ccccc2)[nH]c(C)c1C. The number of aromatic nitrogens is 1. The second-order valence-electron chi connectivity index (χ2n) is 10.7. The topological polar surface area (TPSA) is 59.2 Å². The summed E-state index contributed by atoms with van der Waals surface area (Å²) in [5.74, 6) is -0.265. The molecule has 38 heavy (non-hydrogen) atoms. The Balaban J connectivity index is 1.61. The highest BCUT2D eigenvalue weighted by molar-refractivity contribution is 6.01. The van der Waals surface area contributed by atoms with Crippen molar-refractivity contribution in [3.63, 3.8) is 0 Å². The Bertz CT molecular complexity index is 958. The number of carbonyl (C=O) groups excluding carboxylic acids is 2. The minimum atomic E-state index is -0.417. The van der Waals surface area contributed by atoms with Gasteiger partial charge in [0.2, 0.25) is 0 Å². The van der Waals surface area contributed by atoms with Crippen molar-refractivity contribution < 1.29 is 14.3 Å². The minimum Gasteiger partial charge on any atom is -0.458 e. The molecule has 0 saturated heterocycles. The standard InChI is InChI=1S/C34H51NO3/c1-4-5-6-7-8-9-10-11-12-13-14-15-16-17-21-24-32(36)34-28(2)29(3)35-31(34)25-26-33(37)38-27-30-22-19-18-20-23-30/h18-20,22-23,25-26,35H,4-17,21,24,27H2,1-3H3. The Hall–Kier alpha value is -2.62. The van der Waals surface area contributed by atoms with Gasteiger partial charge in [0.25, 0.3) is 0 Å². The number of aromatic amines is 1. The van der Waals surface area contributed by atoms with Crippen molar-refractivity contribution in [3.8, 4) is 0 Å². The third-order valence-corrected chi connectivity index (χ3v) is 7.43. The predicted molar refractivity (Wildman–Crippen MR) is 159 cm³/mol. The Kier molecular flexibility index (Phi) is 16.2. The highest BCUT2D eigenvalue weighted by Gasteiger charge is 2.17. The zero-order valence-corrected chi connectivity index (χ0v) is 24.3. The second kappa shape index (κ2) is 19.4. The molecule has 1 aromatic carbocycles. The second-order valence-corrected chi connectivity index (χ2v) is 10.7. The summed E-state index contributed by atoms with van der Waals surface area (Å²) < 4.78 is 5.32. The van der Waals surface area contributed by atoms with E-state index in [1.54, 1.807) is 6.08 Å². The van der Waals surface area contributed by atoms with Crippen LogP contribution in [0.3, 0.4) is 0 Å². The fourth-order valence-electron chi connectivity index (χ4n) is 4.94. The molecule has 0 saturated carbocycles. The molecule has 0 fully saturated rings. The molecular formula is C34H51NO3. The smallest absolute Gasteiger partial charge is 0.331 e. The molecule has 0 amide bonds. The summed E-state index contributed by atoms with van der Waals surface area (Å²) in [5.41, 5.74) is 4.28. The summed E-state index contributed by atoms with van der Waals surface area (Å²) in [7, 11) is 0. The lowest BCUT2D eigenvalue weighted by atomic mass is 9.99. The maximum absolute atomic E-state index is 13.0. The van der Waals surface area contributed by atoms with E-state index in [1.165, 1.54) is 89.5 Å². The van der Waals surface area contributed by atoms with E-state index >= 15 is 0 Å². The number of hydrogen-bond acceptors (Lipinski definition) is 3. The van der Waals surface area contributed by atoms with Gasteiger partial charge in [0.05, 0.1) is 0 Å². The van der Waals surface area contributed by atoms with Gasteiger partial charge in [-0.05, 0) is 37.5 Å². The van der Waals surface area contributed by atoms with Crippen LogP contribution < -0.4 is 0 Å². The maximum Gasteiger partial charge on any atom is 0.331 e. The lowest BCUT2D eigenvalue weighted by Gasteiger charge is -2.05. The van der Waals surface area contributed by atoms with E-state index in [-0.39, 0.29) is 12.4 Å². The van der Waals surface area contributed by atoms with Crippen molar-refractivity contribution in [1.29, 1.82) is 0 Å². The van der Waals surface area contributed by atoms with Gasteiger partial charge >= 0.3 is 5.97 Å². The minimum absolute atomic E-state index is 0.152. The van der Waals surface area contributed by atoms with Crippen LogP contribution in [0.15, 0.2) is 36.4 Å². The summed E-state index contributed by atoms with van der Waals surface area (Å²) in [4.78, 5) is 28.5. The van der Waals surface area contributed by atoms with Gasteiger partial charge in [-0.3, -0.25) is 4.79 Å². The molecule has 0 aliphatic heterocycles. The first-order valence-corrected chi connectivity index (χ1v) is 15.1.